The molecule has 0 amide bonds. The molecule has 120 valence electrons. The van der Waals surface area contributed by atoms with Crippen LogP contribution in [0.5, 0.6) is 0 Å². The summed E-state index contributed by atoms with van der Waals surface area (Å²) in [7, 11) is 3.74. The van der Waals surface area contributed by atoms with Gasteiger partial charge < -0.3 is 15.7 Å². The SMILES string of the molecule is CN(C)c1nc(N)nc(CN(CCCO)CC(C)(C)C)n1. The first-order valence-corrected chi connectivity index (χ1v) is 7.22. The molecule has 21 heavy (non-hydrogen) atoms. The van der Waals surface area contributed by atoms with Gasteiger partial charge in [-0.2, -0.15) is 15.0 Å². The monoisotopic (exact) mass is 296 g/mol. The fourth-order valence-corrected chi connectivity index (χ4v) is 2.07. The van der Waals surface area contributed by atoms with Gasteiger partial charge in [-0.1, -0.05) is 20.8 Å². The fraction of sp³-hybridized carbons (Fsp3) is 0.786. The third kappa shape index (κ3) is 6.68. The summed E-state index contributed by atoms with van der Waals surface area (Å²) >= 11 is 0. The lowest BCUT2D eigenvalue weighted by Crippen LogP contribution is -2.34. The second-order valence-electron chi connectivity index (χ2n) is 6.65. The molecular formula is C14H28N6O. The third-order valence-electron chi connectivity index (χ3n) is 2.78. The minimum Gasteiger partial charge on any atom is -0.396 e. The third-order valence-corrected chi connectivity index (χ3v) is 2.78. The van der Waals surface area contributed by atoms with Crippen LogP contribution in [0, 0.1) is 5.41 Å². The van der Waals surface area contributed by atoms with Gasteiger partial charge in [0.2, 0.25) is 11.9 Å². The minimum atomic E-state index is 0.165. The van der Waals surface area contributed by atoms with Gasteiger partial charge in [-0.05, 0) is 11.8 Å². The first-order valence-electron chi connectivity index (χ1n) is 7.22. The Balaban J connectivity index is 2.86. The number of aromatic nitrogens is 3. The zero-order valence-corrected chi connectivity index (χ0v) is 13.8. The molecule has 0 atom stereocenters. The quantitative estimate of drug-likeness (QED) is 0.767. The molecule has 0 fully saturated rings. The molecular weight excluding hydrogens is 268 g/mol. The Bertz CT molecular complexity index is 444. The van der Waals surface area contributed by atoms with Crippen LogP contribution in [-0.2, 0) is 6.54 Å². The molecule has 0 aromatic carbocycles. The van der Waals surface area contributed by atoms with Gasteiger partial charge in [0.15, 0.2) is 0 Å². The number of anilines is 2. The summed E-state index contributed by atoms with van der Waals surface area (Å²) in [5, 5.41) is 9.05. The molecule has 1 aromatic heterocycles. The topological polar surface area (TPSA) is 91.4 Å². The molecule has 3 N–H and O–H groups in total. The summed E-state index contributed by atoms with van der Waals surface area (Å²) in [6, 6.07) is 0. The largest absolute Gasteiger partial charge is 0.396 e. The van der Waals surface area contributed by atoms with E-state index in [-0.39, 0.29) is 18.0 Å². The number of nitrogens with zero attached hydrogens (tertiary/aromatic N) is 5. The lowest BCUT2D eigenvalue weighted by atomic mass is 9.96. The van der Waals surface area contributed by atoms with Crippen molar-refractivity contribution >= 4 is 11.9 Å². The maximum absolute atomic E-state index is 9.05. The molecule has 0 aliphatic carbocycles. The molecule has 1 heterocycles. The lowest BCUT2D eigenvalue weighted by molar-refractivity contribution is 0.163. The number of aliphatic hydroxyl groups excluding tert-OH is 1. The van der Waals surface area contributed by atoms with E-state index in [0.717, 1.165) is 19.5 Å². The molecule has 7 nitrogen and oxygen atoms in total. The summed E-state index contributed by atoms with van der Waals surface area (Å²) in [6.45, 7) is 9.05. The Labute approximate surface area is 127 Å². The lowest BCUT2D eigenvalue weighted by Gasteiger charge is -2.29. The smallest absolute Gasteiger partial charge is 0.229 e. The van der Waals surface area contributed by atoms with E-state index in [0.29, 0.717) is 18.3 Å². The van der Waals surface area contributed by atoms with Crippen molar-refractivity contribution in [3.8, 4) is 0 Å². The predicted molar refractivity (Wildman–Crippen MR) is 85.0 cm³/mol. The first kappa shape index (κ1) is 17.6. The van der Waals surface area contributed by atoms with Crippen molar-refractivity contribution in [3.05, 3.63) is 5.82 Å². The standard InChI is InChI=1S/C14H28N6O/c1-14(2,3)10-20(7-6-8-21)9-11-16-12(15)18-13(17-11)19(4)5/h21H,6-10H2,1-5H3,(H2,15,16,17,18). The molecule has 0 unspecified atom stereocenters. The van der Waals surface area contributed by atoms with E-state index in [9.17, 15) is 0 Å². The first-order chi connectivity index (χ1) is 9.71. The highest BCUT2D eigenvalue weighted by atomic mass is 16.3. The Kier molecular flexibility index (Phi) is 6.29. The van der Waals surface area contributed by atoms with Gasteiger partial charge in [0.25, 0.3) is 0 Å². The Morgan fingerprint density at radius 3 is 2.33 bits per heavy atom. The zero-order valence-electron chi connectivity index (χ0n) is 13.8. The van der Waals surface area contributed by atoms with Crippen LogP contribution in [0.4, 0.5) is 11.9 Å². The van der Waals surface area contributed by atoms with Crippen LogP contribution in [0.3, 0.4) is 0 Å². The maximum Gasteiger partial charge on any atom is 0.229 e. The van der Waals surface area contributed by atoms with Crippen LogP contribution in [0.2, 0.25) is 0 Å². The van der Waals surface area contributed by atoms with Crippen molar-refractivity contribution in [1.29, 1.82) is 0 Å². The highest BCUT2D eigenvalue weighted by Gasteiger charge is 2.18. The molecule has 1 aromatic rings. The van der Waals surface area contributed by atoms with Crippen LogP contribution in [0.1, 0.15) is 33.0 Å². The molecule has 0 radical (unpaired) electrons. The van der Waals surface area contributed by atoms with Crippen molar-refractivity contribution in [1.82, 2.24) is 19.9 Å². The van der Waals surface area contributed by atoms with E-state index in [1.165, 1.54) is 0 Å². The summed E-state index contributed by atoms with van der Waals surface area (Å²) in [5.41, 5.74) is 5.92. The highest BCUT2D eigenvalue weighted by molar-refractivity contribution is 5.32. The van der Waals surface area contributed by atoms with Gasteiger partial charge >= 0.3 is 0 Å². The van der Waals surface area contributed by atoms with Gasteiger partial charge in [0.05, 0.1) is 6.54 Å². The fourth-order valence-electron chi connectivity index (χ4n) is 2.07. The Morgan fingerprint density at radius 2 is 1.81 bits per heavy atom. The van der Waals surface area contributed by atoms with E-state index in [2.05, 4.69) is 40.6 Å². The molecule has 1 rings (SSSR count). The number of hydrogen-bond acceptors (Lipinski definition) is 7. The van der Waals surface area contributed by atoms with Crippen LogP contribution in [0.15, 0.2) is 0 Å². The minimum absolute atomic E-state index is 0.165. The number of nitrogen functional groups attached to an aromatic ring is 1. The number of aliphatic hydroxyl groups is 1. The van der Waals surface area contributed by atoms with Crippen molar-refractivity contribution in [2.75, 3.05) is 44.4 Å². The number of hydrogen-bond donors (Lipinski definition) is 2. The van der Waals surface area contributed by atoms with Crippen LogP contribution < -0.4 is 10.6 Å². The second-order valence-corrected chi connectivity index (χ2v) is 6.65. The van der Waals surface area contributed by atoms with Crippen molar-refractivity contribution < 1.29 is 5.11 Å². The van der Waals surface area contributed by atoms with Gasteiger partial charge in [0.1, 0.15) is 5.82 Å². The summed E-state index contributed by atoms with van der Waals surface area (Å²) < 4.78 is 0. The molecule has 0 bridgehead atoms. The van der Waals surface area contributed by atoms with Crippen LogP contribution >= 0.6 is 0 Å². The van der Waals surface area contributed by atoms with Gasteiger partial charge in [-0.15, -0.1) is 0 Å². The average Bonchev–Trinajstić information content (AvgIpc) is 2.33. The molecule has 0 saturated heterocycles. The van der Waals surface area contributed by atoms with Crippen molar-refractivity contribution in [2.24, 2.45) is 5.41 Å². The van der Waals surface area contributed by atoms with E-state index in [1.807, 2.05) is 19.0 Å². The Hall–Kier alpha value is -1.47. The van der Waals surface area contributed by atoms with E-state index >= 15 is 0 Å². The normalized spacial score (nSPS) is 12.0. The van der Waals surface area contributed by atoms with E-state index in [1.54, 1.807) is 0 Å². The summed E-state index contributed by atoms with van der Waals surface area (Å²) in [6.07, 6.45) is 0.733. The Morgan fingerprint density at radius 1 is 1.14 bits per heavy atom. The zero-order chi connectivity index (χ0) is 16.0. The molecule has 0 aliphatic rings. The van der Waals surface area contributed by atoms with Gasteiger partial charge in [-0.3, -0.25) is 4.90 Å². The van der Waals surface area contributed by atoms with Crippen LogP contribution in [-0.4, -0.2) is 58.8 Å². The van der Waals surface area contributed by atoms with Gasteiger partial charge in [-0.25, -0.2) is 0 Å². The number of nitrogens with two attached hydrogens (primary N) is 1. The molecule has 7 heteroatoms. The molecule has 0 spiro atoms. The van der Waals surface area contributed by atoms with Crippen molar-refractivity contribution in [2.45, 2.75) is 33.7 Å². The van der Waals surface area contributed by atoms with Crippen molar-refractivity contribution in [3.63, 3.8) is 0 Å². The average molecular weight is 296 g/mol. The molecule has 0 saturated carbocycles. The summed E-state index contributed by atoms with van der Waals surface area (Å²) in [4.78, 5) is 16.8. The van der Waals surface area contributed by atoms with E-state index < -0.39 is 0 Å². The van der Waals surface area contributed by atoms with Gasteiger partial charge in [0, 0.05) is 33.8 Å². The summed E-state index contributed by atoms with van der Waals surface area (Å²) in [5.74, 6) is 1.46. The molecule has 0 aliphatic heterocycles. The second kappa shape index (κ2) is 7.51. The maximum atomic E-state index is 9.05. The van der Waals surface area contributed by atoms with E-state index in [4.69, 9.17) is 10.8 Å². The predicted octanol–water partition coefficient (Wildman–Crippen LogP) is 0.750. The number of rotatable bonds is 7. The highest BCUT2D eigenvalue weighted by Crippen LogP contribution is 2.17. The van der Waals surface area contributed by atoms with Crippen LogP contribution in [0.25, 0.3) is 0 Å².